The maximum atomic E-state index is 13.0. The summed E-state index contributed by atoms with van der Waals surface area (Å²) in [6, 6.07) is 1.36. The summed E-state index contributed by atoms with van der Waals surface area (Å²) < 4.78 is 24.5. The van der Waals surface area contributed by atoms with E-state index in [9.17, 15) is 13.2 Å². The van der Waals surface area contributed by atoms with Crippen LogP contribution in [0.5, 0.6) is 0 Å². The van der Waals surface area contributed by atoms with E-state index in [2.05, 4.69) is 28.1 Å². The summed E-state index contributed by atoms with van der Waals surface area (Å²) in [4.78, 5) is 16.9. The molecule has 3 rings (SSSR count). The predicted molar refractivity (Wildman–Crippen MR) is 101 cm³/mol. The zero-order valence-electron chi connectivity index (χ0n) is 15.7. The van der Waals surface area contributed by atoms with Crippen molar-refractivity contribution in [3.63, 3.8) is 0 Å². The Morgan fingerprint density at radius 1 is 1.31 bits per heavy atom. The molecule has 0 aromatic carbocycles. The number of piperazine rings is 1. The minimum Gasteiger partial charge on any atom is -0.330 e. The Balaban J connectivity index is 1.80. The lowest BCUT2D eigenvalue weighted by Gasteiger charge is -2.43. The molecular weight excluding hydrogens is 352 g/mol. The summed E-state index contributed by atoms with van der Waals surface area (Å²) in [6.45, 7) is 8.08. The van der Waals surface area contributed by atoms with Gasteiger partial charge in [-0.3, -0.25) is 14.8 Å². The number of carbonyl (C=O) groups excluding carboxylic acids is 1. The van der Waals surface area contributed by atoms with Crippen molar-refractivity contribution < 1.29 is 13.2 Å². The Labute approximate surface area is 155 Å². The highest BCUT2D eigenvalue weighted by molar-refractivity contribution is 7.91. The molecule has 0 radical (unpaired) electrons. The van der Waals surface area contributed by atoms with Crippen molar-refractivity contribution in [2.75, 3.05) is 31.1 Å². The van der Waals surface area contributed by atoms with E-state index in [1.807, 2.05) is 13.8 Å². The fraction of sp³-hybridized carbons (Fsp3) is 0.667. The van der Waals surface area contributed by atoms with E-state index < -0.39 is 9.84 Å². The van der Waals surface area contributed by atoms with E-state index in [4.69, 9.17) is 0 Å². The van der Waals surface area contributed by atoms with Crippen LogP contribution in [0.25, 0.3) is 0 Å². The number of allylic oxidation sites excluding steroid dienone is 1. The SMILES string of the molecule is CCCc1cc(C(=O)N2CCN(CC=C(C)C)[C@@H]3CS(=O)(=O)C[C@@H]32)n[nH]1. The number of rotatable bonds is 5. The maximum absolute atomic E-state index is 13.0. The number of nitrogens with one attached hydrogen (secondary N) is 1. The van der Waals surface area contributed by atoms with Crippen molar-refractivity contribution in [2.45, 2.75) is 45.7 Å². The van der Waals surface area contributed by atoms with Gasteiger partial charge in [0, 0.05) is 31.4 Å². The zero-order valence-corrected chi connectivity index (χ0v) is 16.6. The molecule has 2 atom stereocenters. The molecule has 1 N–H and O–H groups in total. The number of sulfone groups is 1. The fourth-order valence-corrected chi connectivity index (χ4v) is 5.83. The van der Waals surface area contributed by atoms with Gasteiger partial charge in [0.25, 0.3) is 5.91 Å². The molecule has 0 spiro atoms. The van der Waals surface area contributed by atoms with Crippen molar-refractivity contribution >= 4 is 15.7 Å². The number of hydrogen-bond donors (Lipinski definition) is 1. The lowest BCUT2D eigenvalue weighted by molar-refractivity contribution is 0.0363. The summed E-state index contributed by atoms with van der Waals surface area (Å²) in [7, 11) is -3.14. The first-order chi connectivity index (χ1) is 12.3. The summed E-state index contributed by atoms with van der Waals surface area (Å²) in [6.07, 6.45) is 3.93. The molecule has 0 saturated carbocycles. The zero-order chi connectivity index (χ0) is 18.9. The van der Waals surface area contributed by atoms with E-state index in [0.717, 1.165) is 25.1 Å². The highest BCUT2D eigenvalue weighted by atomic mass is 32.2. The first-order valence-corrected chi connectivity index (χ1v) is 11.1. The molecule has 2 fully saturated rings. The van der Waals surface area contributed by atoms with E-state index in [0.29, 0.717) is 18.8 Å². The van der Waals surface area contributed by atoms with Crippen LogP contribution in [0.2, 0.25) is 0 Å². The largest absolute Gasteiger partial charge is 0.330 e. The van der Waals surface area contributed by atoms with Gasteiger partial charge in [-0.05, 0) is 26.3 Å². The van der Waals surface area contributed by atoms with Gasteiger partial charge in [0.05, 0.1) is 17.5 Å². The molecule has 2 saturated heterocycles. The topological polar surface area (TPSA) is 86.4 Å². The normalized spacial score (nSPS) is 25.1. The van der Waals surface area contributed by atoms with E-state index in [-0.39, 0.29) is 29.5 Å². The fourth-order valence-electron chi connectivity index (χ4n) is 3.82. The average molecular weight is 381 g/mol. The monoisotopic (exact) mass is 380 g/mol. The third-order valence-electron chi connectivity index (χ3n) is 5.16. The van der Waals surface area contributed by atoms with Crippen LogP contribution in [0.3, 0.4) is 0 Å². The second-order valence-electron chi connectivity index (χ2n) is 7.51. The van der Waals surface area contributed by atoms with Gasteiger partial charge >= 0.3 is 0 Å². The summed E-state index contributed by atoms with van der Waals surface area (Å²) in [5.74, 6) is -0.00159. The minimum atomic E-state index is -3.14. The van der Waals surface area contributed by atoms with Crippen LogP contribution >= 0.6 is 0 Å². The van der Waals surface area contributed by atoms with Crippen molar-refractivity contribution in [3.05, 3.63) is 29.1 Å². The van der Waals surface area contributed by atoms with E-state index in [1.165, 1.54) is 5.57 Å². The van der Waals surface area contributed by atoms with Gasteiger partial charge in [0.1, 0.15) is 5.69 Å². The van der Waals surface area contributed by atoms with Gasteiger partial charge in [0.2, 0.25) is 0 Å². The second-order valence-corrected chi connectivity index (χ2v) is 9.67. The number of aromatic nitrogens is 2. The van der Waals surface area contributed by atoms with Crippen molar-refractivity contribution in [1.82, 2.24) is 20.0 Å². The smallest absolute Gasteiger partial charge is 0.274 e. The Morgan fingerprint density at radius 2 is 2.04 bits per heavy atom. The number of amides is 1. The first kappa shape index (κ1) is 19.1. The minimum absolute atomic E-state index is 0.0426. The van der Waals surface area contributed by atoms with Crippen molar-refractivity contribution in [2.24, 2.45) is 0 Å². The highest BCUT2D eigenvalue weighted by Gasteiger charge is 2.48. The number of aromatic amines is 1. The van der Waals surface area contributed by atoms with Crippen LogP contribution in [0.4, 0.5) is 0 Å². The van der Waals surface area contributed by atoms with Crippen molar-refractivity contribution in [1.29, 1.82) is 0 Å². The van der Waals surface area contributed by atoms with Crippen molar-refractivity contribution in [3.8, 4) is 0 Å². The molecule has 1 amide bonds. The van der Waals surface area contributed by atoms with Gasteiger partial charge in [0.15, 0.2) is 9.84 Å². The molecule has 2 aliphatic heterocycles. The Bertz CT molecular complexity index is 795. The summed E-state index contributed by atoms with van der Waals surface area (Å²) in [5.41, 5.74) is 2.53. The van der Waals surface area contributed by atoms with Crippen LogP contribution in [0.15, 0.2) is 17.7 Å². The first-order valence-electron chi connectivity index (χ1n) is 9.24. The number of nitrogens with zero attached hydrogens (tertiary/aromatic N) is 3. The van der Waals surface area contributed by atoms with Crippen LogP contribution in [-0.4, -0.2) is 77.5 Å². The number of carbonyl (C=O) groups is 1. The maximum Gasteiger partial charge on any atom is 0.274 e. The summed E-state index contributed by atoms with van der Waals surface area (Å²) in [5, 5.41) is 7.06. The Kier molecular flexibility index (Phi) is 5.53. The molecule has 0 aliphatic carbocycles. The van der Waals surface area contributed by atoms with Gasteiger partial charge in [-0.15, -0.1) is 0 Å². The lowest BCUT2D eigenvalue weighted by atomic mass is 10.0. The summed E-state index contributed by atoms with van der Waals surface area (Å²) >= 11 is 0. The van der Waals surface area contributed by atoms with Gasteiger partial charge in [-0.25, -0.2) is 8.42 Å². The van der Waals surface area contributed by atoms with Crippen LogP contribution in [-0.2, 0) is 16.3 Å². The van der Waals surface area contributed by atoms with Gasteiger partial charge in [-0.1, -0.05) is 25.0 Å². The third-order valence-corrected chi connectivity index (χ3v) is 6.85. The number of aryl methyl sites for hydroxylation is 1. The molecule has 7 nitrogen and oxygen atoms in total. The Morgan fingerprint density at radius 3 is 2.73 bits per heavy atom. The van der Waals surface area contributed by atoms with Gasteiger partial charge < -0.3 is 4.90 Å². The third kappa shape index (κ3) is 4.01. The molecule has 3 heterocycles. The quantitative estimate of drug-likeness (QED) is 0.777. The molecule has 8 heteroatoms. The van der Waals surface area contributed by atoms with E-state index >= 15 is 0 Å². The van der Waals surface area contributed by atoms with Gasteiger partial charge in [-0.2, -0.15) is 5.10 Å². The molecular formula is C18H28N4O3S. The molecule has 144 valence electrons. The highest BCUT2D eigenvalue weighted by Crippen LogP contribution is 2.28. The molecule has 2 aliphatic rings. The van der Waals surface area contributed by atoms with E-state index in [1.54, 1.807) is 11.0 Å². The molecule has 26 heavy (non-hydrogen) atoms. The number of H-pyrrole nitrogens is 1. The van der Waals surface area contributed by atoms with Crippen LogP contribution in [0, 0.1) is 0 Å². The Hall–Kier alpha value is -1.67. The second kappa shape index (κ2) is 7.52. The molecule has 1 aromatic rings. The predicted octanol–water partition coefficient (Wildman–Crippen LogP) is 1.25. The molecule has 0 unspecified atom stereocenters. The average Bonchev–Trinajstić information content (AvgIpc) is 3.15. The lowest BCUT2D eigenvalue weighted by Crippen LogP contribution is -2.60. The van der Waals surface area contributed by atoms with Crippen LogP contribution in [0.1, 0.15) is 43.4 Å². The standard InChI is InChI=1S/C18H28N4O3S/c1-4-5-14-10-15(20-19-14)18(23)22-9-8-21(7-6-13(2)3)16-11-26(24,25)12-17(16)22/h6,10,16-17H,4-5,7-9,11-12H2,1-3H3,(H,19,20)/t16-,17+/m1/s1. The number of hydrogen-bond acceptors (Lipinski definition) is 5. The molecule has 0 bridgehead atoms. The number of fused-ring (bicyclic) bond motifs is 1. The molecule has 1 aromatic heterocycles. The van der Waals surface area contributed by atoms with Crippen LogP contribution < -0.4 is 0 Å².